The molecule has 27 heavy (non-hydrogen) atoms. The van der Waals surface area contributed by atoms with Crippen molar-refractivity contribution in [3.05, 3.63) is 58.1 Å². The van der Waals surface area contributed by atoms with E-state index in [1.54, 1.807) is 24.3 Å². The molecule has 1 atom stereocenters. The van der Waals surface area contributed by atoms with E-state index in [9.17, 15) is 13.2 Å². The summed E-state index contributed by atoms with van der Waals surface area (Å²) >= 11 is 12.0. The number of carbonyl (C=O) groups is 1. The molecule has 0 unspecified atom stereocenters. The lowest BCUT2D eigenvalue weighted by molar-refractivity contribution is 0.102. The lowest BCUT2D eigenvalue weighted by Crippen LogP contribution is -2.32. The molecule has 1 amide bonds. The number of rotatable bonds is 6. The van der Waals surface area contributed by atoms with Crippen molar-refractivity contribution in [3.8, 4) is 0 Å². The Kier molecular flexibility index (Phi) is 6.39. The zero-order chi connectivity index (χ0) is 19.4. The summed E-state index contributed by atoms with van der Waals surface area (Å²) < 4.78 is 33.1. The topological polar surface area (TPSA) is 84.5 Å². The number of halogens is 2. The Morgan fingerprint density at radius 2 is 2.00 bits per heavy atom. The first-order chi connectivity index (χ1) is 12.8. The lowest BCUT2D eigenvalue weighted by atomic mass is 10.2. The van der Waals surface area contributed by atoms with Crippen molar-refractivity contribution in [3.63, 3.8) is 0 Å². The summed E-state index contributed by atoms with van der Waals surface area (Å²) in [6, 6.07) is 10.8. The van der Waals surface area contributed by atoms with E-state index in [4.69, 9.17) is 27.9 Å². The molecule has 0 bridgehead atoms. The van der Waals surface area contributed by atoms with Crippen LogP contribution in [-0.2, 0) is 14.8 Å². The molecule has 1 heterocycles. The molecule has 9 heteroatoms. The second-order valence-corrected chi connectivity index (χ2v) is 8.68. The van der Waals surface area contributed by atoms with Gasteiger partial charge in [-0.2, -0.15) is 0 Å². The number of amides is 1. The van der Waals surface area contributed by atoms with Crippen molar-refractivity contribution in [1.29, 1.82) is 0 Å². The predicted octanol–water partition coefficient (Wildman–Crippen LogP) is 3.70. The lowest BCUT2D eigenvalue weighted by Gasteiger charge is -2.13. The monoisotopic (exact) mass is 428 g/mol. The highest BCUT2D eigenvalue weighted by molar-refractivity contribution is 7.89. The molecule has 0 spiro atoms. The minimum Gasteiger partial charge on any atom is -0.377 e. The van der Waals surface area contributed by atoms with E-state index < -0.39 is 15.9 Å². The van der Waals surface area contributed by atoms with Crippen LogP contribution in [0.3, 0.4) is 0 Å². The van der Waals surface area contributed by atoms with Gasteiger partial charge in [0.25, 0.3) is 5.91 Å². The fraction of sp³-hybridized carbons (Fsp3) is 0.278. The van der Waals surface area contributed by atoms with E-state index in [1.165, 1.54) is 18.2 Å². The number of hydrogen-bond donors (Lipinski definition) is 2. The molecule has 0 radical (unpaired) electrons. The molecule has 144 valence electrons. The number of benzene rings is 2. The van der Waals surface area contributed by atoms with Crippen LogP contribution < -0.4 is 10.0 Å². The maximum Gasteiger partial charge on any atom is 0.255 e. The molecule has 3 rings (SSSR count). The predicted molar refractivity (Wildman–Crippen MR) is 105 cm³/mol. The molecular formula is C18H18Cl2N2O4S. The summed E-state index contributed by atoms with van der Waals surface area (Å²) in [5.74, 6) is -0.468. The van der Waals surface area contributed by atoms with Crippen LogP contribution in [0, 0.1) is 0 Å². The summed E-state index contributed by atoms with van der Waals surface area (Å²) in [7, 11) is -3.88. The molecule has 0 aliphatic carbocycles. The third kappa shape index (κ3) is 5.21. The van der Waals surface area contributed by atoms with E-state index in [1.807, 2.05) is 0 Å². The fourth-order valence-corrected chi connectivity index (χ4v) is 4.49. The number of sulfonamides is 1. The van der Waals surface area contributed by atoms with E-state index in [2.05, 4.69) is 10.0 Å². The standard InChI is InChI=1S/C18H18Cl2N2O4S/c19-13-3-1-4-14(10-13)22-18(23)12-6-7-16(20)17(9-12)27(24,25)21-11-15-5-2-8-26-15/h1,3-4,6-7,9-10,15,21H,2,5,8,11H2,(H,22,23)/t15-/m0/s1. The third-order valence-corrected chi connectivity index (χ3v) is 6.23. The SMILES string of the molecule is O=C(Nc1cccc(Cl)c1)c1ccc(Cl)c(S(=O)(=O)NC[C@@H]2CCCO2)c1. The molecule has 6 nitrogen and oxygen atoms in total. The number of nitrogens with one attached hydrogen (secondary N) is 2. The minimum atomic E-state index is -3.88. The molecule has 0 saturated carbocycles. The van der Waals surface area contributed by atoms with Gasteiger partial charge in [-0.15, -0.1) is 0 Å². The zero-order valence-electron chi connectivity index (χ0n) is 14.2. The molecule has 2 N–H and O–H groups in total. The molecule has 2 aromatic rings. The molecule has 1 fully saturated rings. The van der Waals surface area contributed by atoms with Crippen molar-refractivity contribution in [2.75, 3.05) is 18.5 Å². The van der Waals surface area contributed by atoms with Gasteiger partial charge in [0.2, 0.25) is 10.0 Å². The van der Waals surface area contributed by atoms with Crippen LogP contribution in [0.1, 0.15) is 23.2 Å². The Morgan fingerprint density at radius 1 is 1.19 bits per heavy atom. The smallest absolute Gasteiger partial charge is 0.255 e. The Bertz CT molecular complexity index is 944. The molecular weight excluding hydrogens is 411 g/mol. The van der Waals surface area contributed by atoms with Crippen molar-refractivity contribution in [1.82, 2.24) is 4.72 Å². The molecule has 1 aliphatic rings. The molecule has 2 aromatic carbocycles. The van der Waals surface area contributed by atoms with Gasteiger partial charge in [0.05, 0.1) is 11.1 Å². The molecule has 0 aromatic heterocycles. The van der Waals surface area contributed by atoms with Crippen LogP contribution in [0.2, 0.25) is 10.0 Å². The number of hydrogen-bond acceptors (Lipinski definition) is 4. The number of carbonyl (C=O) groups excluding carboxylic acids is 1. The van der Waals surface area contributed by atoms with E-state index in [0.717, 1.165) is 12.8 Å². The second-order valence-electron chi connectivity index (χ2n) is 6.10. The summed E-state index contributed by atoms with van der Waals surface area (Å²) in [5, 5.41) is 3.19. The van der Waals surface area contributed by atoms with Gasteiger partial charge < -0.3 is 10.1 Å². The minimum absolute atomic E-state index is 0.0362. The van der Waals surface area contributed by atoms with Crippen molar-refractivity contribution in [2.45, 2.75) is 23.8 Å². The Balaban J connectivity index is 1.77. The first kappa shape index (κ1) is 20.1. The van der Waals surface area contributed by atoms with Gasteiger partial charge in [0, 0.05) is 29.4 Å². The van der Waals surface area contributed by atoms with Gasteiger partial charge in [0.15, 0.2) is 0 Å². The maximum absolute atomic E-state index is 12.6. The Labute approximate surface area is 167 Å². The average molecular weight is 429 g/mol. The van der Waals surface area contributed by atoms with Crippen LogP contribution >= 0.6 is 23.2 Å². The van der Waals surface area contributed by atoms with Gasteiger partial charge in [-0.1, -0.05) is 29.3 Å². The van der Waals surface area contributed by atoms with Gasteiger partial charge in [-0.05, 0) is 49.2 Å². The van der Waals surface area contributed by atoms with Crippen LogP contribution in [0.5, 0.6) is 0 Å². The quantitative estimate of drug-likeness (QED) is 0.734. The highest BCUT2D eigenvalue weighted by Crippen LogP contribution is 2.24. The first-order valence-electron chi connectivity index (χ1n) is 8.33. The highest BCUT2D eigenvalue weighted by Gasteiger charge is 2.23. The number of anilines is 1. The summed E-state index contributed by atoms with van der Waals surface area (Å²) in [6.45, 7) is 0.796. The van der Waals surface area contributed by atoms with Gasteiger partial charge in [-0.3, -0.25) is 4.79 Å². The van der Waals surface area contributed by atoms with Gasteiger partial charge in [-0.25, -0.2) is 13.1 Å². The fourth-order valence-electron chi connectivity index (χ4n) is 2.71. The molecule has 1 saturated heterocycles. The van der Waals surface area contributed by atoms with Crippen LogP contribution in [0.4, 0.5) is 5.69 Å². The summed E-state index contributed by atoms with van der Waals surface area (Å²) in [6.07, 6.45) is 1.57. The maximum atomic E-state index is 12.6. The van der Waals surface area contributed by atoms with E-state index >= 15 is 0 Å². The second kappa shape index (κ2) is 8.58. The van der Waals surface area contributed by atoms with Gasteiger partial charge in [0.1, 0.15) is 4.90 Å². The van der Waals surface area contributed by atoms with Gasteiger partial charge >= 0.3 is 0 Å². The van der Waals surface area contributed by atoms with Crippen LogP contribution in [0.15, 0.2) is 47.4 Å². The van der Waals surface area contributed by atoms with Crippen LogP contribution in [0.25, 0.3) is 0 Å². The van der Waals surface area contributed by atoms with Crippen molar-refractivity contribution >= 4 is 44.8 Å². The third-order valence-electron chi connectivity index (χ3n) is 4.09. The Hall–Kier alpha value is -1.64. The normalized spacial score (nSPS) is 17.0. The molecule has 1 aliphatic heterocycles. The highest BCUT2D eigenvalue weighted by atomic mass is 35.5. The number of ether oxygens (including phenoxy) is 1. The summed E-state index contributed by atoms with van der Waals surface area (Å²) in [5.41, 5.74) is 0.667. The zero-order valence-corrected chi connectivity index (χ0v) is 16.6. The first-order valence-corrected chi connectivity index (χ1v) is 10.6. The van der Waals surface area contributed by atoms with E-state index in [0.29, 0.717) is 17.3 Å². The van der Waals surface area contributed by atoms with Crippen molar-refractivity contribution in [2.24, 2.45) is 0 Å². The van der Waals surface area contributed by atoms with Crippen molar-refractivity contribution < 1.29 is 17.9 Å². The Morgan fingerprint density at radius 3 is 2.70 bits per heavy atom. The summed E-state index contributed by atoms with van der Waals surface area (Å²) in [4.78, 5) is 12.3. The average Bonchev–Trinajstić information content (AvgIpc) is 3.14. The van der Waals surface area contributed by atoms with E-state index in [-0.39, 0.29) is 28.1 Å². The van der Waals surface area contributed by atoms with Crippen LogP contribution in [-0.4, -0.2) is 33.6 Å². The largest absolute Gasteiger partial charge is 0.377 e.